The fourth-order valence-corrected chi connectivity index (χ4v) is 1.52. The van der Waals surface area contributed by atoms with Gasteiger partial charge in [0.2, 0.25) is 11.6 Å². The third kappa shape index (κ3) is 2.61. The van der Waals surface area contributed by atoms with Gasteiger partial charge in [-0.05, 0) is 24.3 Å². The molecule has 2 rings (SSSR count). The van der Waals surface area contributed by atoms with Crippen LogP contribution in [0.3, 0.4) is 0 Å². The van der Waals surface area contributed by atoms with E-state index in [0.29, 0.717) is 6.29 Å². The van der Waals surface area contributed by atoms with E-state index in [-0.39, 0.29) is 11.3 Å². The molecule has 0 unspecified atom stereocenters. The Balaban J connectivity index is 2.45. The summed E-state index contributed by atoms with van der Waals surface area (Å²) in [6, 6.07) is 6.64. The Morgan fingerprint density at radius 1 is 1.15 bits per heavy atom. The summed E-state index contributed by atoms with van der Waals surface area (Å²) in [5.41, 5.74) is -0.443. The number of benzene rings is 2. The van der Waals surface area contributed by atoms with E-state index in [2.05, 4.69) is 0 Å². The zero-order chi connectivity index (χ0) is 14.7. The highest BCUT2D eigenvalue weighted by atomic mass is 19.2. The highest BCUT2D eigenvalue weighted by molar-refractivity contribution is 5.77. The molecule has 20 heavy (non-hydrogen) atoms. The van der Waals surface area contributed by atoms with Gasteiger partial charge in [0.15, 0.2) is 11.6 Å². The largest absolute Gasteiger partial charge is 0.447 e. The first-order chi connectivity index (χ1) is 9.52. The molecule has 0 saturated heterocycles. The summed E-state index contributed by atoms with van der Waals surface area (Å²) in [5, 5.41) is 10.9. The lowest BCUT2D eigenvalue weighted by atomic mass is 10.2. The first-order valence-corrected chi connectivity index (χ1v) is 5.38. The Hall–Kier alpha value is -2.83. The Bertz CT molecular complexity index is 688. The first-order valence-electron chi connectivity index (χ1n) is 5.38. The van der Waals surface area contributed by atoms with Gasteiger partial charge in [-0.1, -0.05) is 6.07 Å². The molecular formula is C13H7F2NO4. The van der Waals surface area contributed by atoms with Crippen molar-refractivity contribution in [2.75, 3.05) is 0 Å². The molecule has 7 heteroatoms. The minimum absolute atomic E-state index is 0.0729. The standard InChI is InChI=1S/C13H7F2NO4/c14-9-2-1-3-12(13(9)15)20-11-5-4-8(7-17)6-10(11)16(18)19/h1-7H. The number of ether oxygens (including phenoxy) is 1. The molecule has 2 aromatic carbocycles. The molecule has 0 radical (unpaired) electrons. The van der Waals surface area contributed by atoms with Gasteiger partial charge >= 0.3 is 5.69 Å². The van der Waals surface area contributed by atoms with Gasteiger partial charge < -0.3 is 4.74 Å². The first kappa shape index (κ1) is 13.6. The van der Waals surface area contributed by atoms with Crippen LogP contribution in [0.25, 0.3) is 0 Å². The molecule has 0 aliphatic rings. The lowest BCUT2D eigenvalue weighted by Crippen LogP contribution is -1.97. The van der Waals surface area contributed by atoms with Crippen molar-refractivity contribution in [2.24, 2.45) is 0 Å². The van der Waals surface area contributed by atoms with E-state index >= 15 is 0 Å². The van der Waals surface area contributed by atoms with Gasteiger partial charge in [-0.25, -0.2) is 4.39 Å². The van der Waals surface area contributed by atoms with Gasteiger partial charge in [0.25, 0.3) is 0 Å². The Morgan fingerprint density at radius 3 is 2.55 bits per heavy atom. The number of nitro groups is 1. The summed E-state index contributed by atoms with van der Waals surface area (Å²) in [6.07, 6.45) is 0.430. The topological polar surface area (TPSA) is 69.4 Å². The quantitative estimate of drug-likeness (QED) is 0.488. The fraction of sp³-hybridized carbons (Fsp3) is 0. The van der Waals surface area contributed by atoms with Crippen molar-refractivity contribution in [3.8, 4) is 11.5 Å². The maximum atomic E-state index is 13.4. The summed E-state index contributed by atoms with van der Waals surface area (Å²) >= 11 is 0. The molecular weight excluding hydrogens is 272 g/mol. The second-order valence-corrected chi connectivity index (χ2v) is 3.76. The molecule has 0 bridgehead atoms. The van der Waals surface area contributed by atoms with Crippen LogP contribution in [0.15, 0.2) is 36.4 Å². The Morgan fingerprint density at radius 2 is 1.90 bits per heavy atom. The van der Waals surface area contributed by atoms with Gasteiger partial charge in [-0.2, -0.15) is 4.39 Å². The lowest BCUT2D eigenvalue weighted by Gasteiger charge is -2.07. The minimum Gasteiger partial charge on any atom is -0.447 e. The molecule has 5 nitrogen and oxygen atoms in total. The highest BCUT2D eigenvalue weighted by Gasteiger charge is 2.19. The van der Waals surface area contributed by atoms with Crippen molar-refractivity contribution in [3.63, 3.8) is 0 Å². The maximum Gasteiger partial charge on any atom is 0.312 e. The summed E-state index contributed by atoms with van der Waals surface area (Å²) < 4.78 is 31.5. The van der Waals surface area contributed by atoms with E-state index in [9.17, 15) is 23.7 Å². The Labute approximate surface area is 111 Å². The van der Waals surface area contributed by atoms with E-state index in [1.807, 2.05) is 0 Å². The predicted molar refractivity (Wildman–Crippen MR) is 64.9 cm³/mol. The molecule has 0 fully saturated rings. The third-order valence-electron chi connectivity index (χ3n) is 2.45. The van der Waals surface area contributed by atoms with Crippen LogP contribution in [0.5, 0.6) is 11.5 Å². The molecule has 0 atom stereocenters. The van der Waals surface area contributed by atoms with Crippen molar-refractivity contribution >= 4 is 12.0 Å². The molecule has 2 aromatic rings. The number of carbonyl (C=O) groups excluding carboxylic acids is 1. The normalized spacial score (nSPS) is 10.1. The van der Waals surface area contributed by atoms with Crippen LogP contribution in [0.2, 0.25) is 0 Å². The van der Waals surface area contributed by atoms with Crippen molar-refractivity contribution in [1.82, 2.24) is 0 Å². The number of rotatable bonds is 4. The number of carbonyl (C=O) groups is 1. The molecule has 0 aliphatic heterocycles. The predicted octanol–water partition coefficient (Wildman–Crippen LogP) is 3.48. The van der Waals surface area contributed by atoms with Crippen LogP contribution in [0, 0.1) is 21.7 Å². The van der Waals surface area contributed by atoms with E-state index in [1.165, 1.54) is 12.1 Å². The van der Waals surface area contributed by atoms with Crippen LogP contribution in [-0.4, -0.2) is 11.2 Å². The van der Waals surface area contributed by atoms with Crippen LogP contribution in [0.4, 0.5) is 14.5 Å². The van der Waals surface area contributed by atoms with E-state index in [1.54, 1.807) is 0 Å². The zero-order valence-electron chi connectivity index (χ0n) is 9.88. The van der Waals surface area contributed by atoms with Crippen molar-refractivity contribution in [1.29, 1.82) is 0 Å². The molecule has 0 aliphatic carbocycles. The highest BCUT2D eigenvalue weighted by Crippen LogP contribution is 2.33. The summed E-state index contributed by atoms with van der Waals surface area (Å²) in [7, 11) is 0. The maximum absolute atomic E-state index is 13.4. The third-order valence-corrected chi connectivity index (χ3v) is 2.45. The number of hydrogen-bond donors (Lipinski definition) is 0. The monoisotopic (exact) mass is 279 g/mol. The molecule has 102 valence electrons. The van der Waals surface area contributed by atoms with Crippen molar-refractivity contribution < 1.29 is 23.2 Å². The number of hydrogen-bond acceptors (Lipinski definition) is 4. The van der Waals surface area contributed by atoms with Crippen molar-refractivity contribution in [3.05, 3.63) is 63.7 Å². The number of nitrogens with zero attached hydrogens (tertiary/aromatic N) is 1. The fourth-order valence-electron chi connectivity index (χ4n) is 1.52. The smallest absolute Gasteiger partial charge is 0.312 e. The molecule has 0 spiro atoms. The zero-order valence-corrected chi connectivity index (χ0v) is 9.88. The van der Waals surface area contributed by atoms with Crippen LogP contribution < -0.4 is 4.74 Å². The summed E-state index contributed by atoms with van der Waals surface area (Å²) in [6.45, 7) is 0. The second-order valence-electron chi connectivity index (χ2n) is 3.76. The van der Waals surface area contributed by atoms with Gasteiger partial charge in [-0.3, -0.25) is 14.9 Å². The molecule has 0 aromatic heterocycles. The SMILES string of the molecule is O=Cc1ccc(Oc2cccc(F)c2F)c([N+](=O)[O-])c1. The van der Waals surface area contributed by atoms with Crippen LogP contribution >= 0.6 is 0 Å². The Kier molecular flexibility index (Phi) is 3.69. The summed E-state index contributed by atoms with van der Waals surface area (Å²) in [4.78, 5) is 20.7. The van der Waals surface area contributed by atoms with Gasteiger partial charge in [0.05, 0.1) is 4.92 Å². The average molecular weight is 279 g/mol. The second kappa shape index (κ2) is 5.43. The van der Waals surface area contributed by atoms with E-state index < -0.39 is 28.0 Å². The van der Waals surface area contributed by atoms with Crippen LogP contribution in [0.1, 0.15) is 10.4 Å². The number of halogens is 2. The van der Waals surface area contributed by atoms with Crippen molar-refractivity contribution in [2.45, 2.75) is 0 Å². The molecule has 0 N–H and O–H groups in total. The van der Waals surface area contributed by atoms with E-state index in [0.717, 1.165) is 24.3 Å². The van der Waals surface area contributed by atoms with Gasteiger partial charge in [0, 0.05) is 11.6 Å². The van der Waals surface area contributed by atoms with Gasteiger partial charge in [0.1, 0.15) is 6.29 Å². The summed E-state index contributed by atoms with van der Waals surface area (Å²) in [5.74, 6) is -3.15. The molecule has 0 heterocycles. The molecule has 0 amide bonds. The van der Waals surface area contributed by atoms with E-state index in [4.69, 9.17) is 4.74 Å². The number of nitro benzene ring substituents is 1. The van der Waals surface area contributed by atoms with Gasteiger partial charge in [-0.15, -0.1) is 0 Å². The molecule has 0 saturated carbocycles. The average Bonchev–Trinajstić information content (AvgIpc) is 2.44. The number of aldehydes is 1. The van der Waals surface area contributed by atoms with Crippen LogP contribution in [-0.2, 0) is 0 Å². The minimum atomic E-state index is -1.25. The lowest BCUT2D eigenvalue weighted by molar-refractivity contribution is -0.385.